The Kier molecular flexibility index (Phi) is 1.40. The number of hydrogen-bond donors (Lipinski definition) is 1. The van der Waals surface area contributed by atoms with E-state index < -0.39 is 0 Å². The van der Waals surface area contributed by atoms with E-state index >= 15 is 0 Å². The van der Waals surface area contributed by atoms with Crippen LogP contribution in [-0.2, 0) is 0 Å². The second-order valence-electron chi connectivity index (χ2n) is 1.45. The Balaban J connectivity index is 3.13. The van der Waals surface area contributed by atoms with Crippen molar-refractivity contribution in [3.05, 3.63) is 29.3 Å². The minimum Gasteiger partial charge on any atom is -0.398 e. The number of rotatable bonds is 0. The predicted molar refractivity (Wildman–Crippen MR) is 34.7 cm³/mol. The molecule has 0 aromatic heterocycles. The molecule has 0 aliphatic heterocycles. The second kappa shape index (κ2) is 2.05. The van der Waals surface area contributed by atoms with E-state index in [0.717, 1.165) is 0 Å². The van der Waals surface area contributed by atoms with Crippen molar-refractivity contribution in [3.8, 4) is 0 Å². The van der Waals surface area contributed by atoms with Gasteiger partial charge in [0.2, 0.25) is 0 Å². The van der Waals surface area contributed by atoms with Crippen molar-refractivity contribution in [1.82, 2.24) is 0 Å². The fraction of sp³-hybridized carbons (Fsp3) is 0. The summed E-state index contributed by atoms with van der Waals surface area (Å²) in [6, 6.07) is 7.86. The molecule has 0 bridgehead atoms. The molecule has 1 aromatic rings. The molecule has 0 aliphatic carbocycles. The van der Waals surface area contributed by atoms with Crippen LogP contribution >= 0.6 is 11.6 Å². The third-order valence-electron chi connectivity index (χ3n) is 0.840. The molecule has 1 aromatic carbocycles. The molecular weight excluding hydrogens is 122 g/mol. The zero-order valence-corrected chi connectivity index (χ0v) is 4.94. The van der Waals surface area contributed by atoms with E-state index in [-0.39, 0.29) is 0 Å². The Morgan fingerprint density at radius 3 is 2.75 bits per heavy atom. The van der Waals surface area contributed by atoms with Gasteiger partial charge in [-0.25, -0.2) is 0 Å². The first-order valence-electron chi connectivity index (χ1n) is 2.22. The zero-order valence-electron chi connectivity index (χ0n) is 4.19. The summed E-state index contributed by atoms with van der Waals surface area (Å²) >= 11 is 5.56. The maximum atomic E-state index is 5.56. The summed E-state index contributed by atoms with van der Waals surface area (Å²) in [5, 5.41) is 0.587. The molecule has 0 fully saturated rings. The Hall–Kier alpha value is -0.690. The number of anilines is 1. The molecule has 0 amide bonds. The van der Waals surface area contributed by atoms with Crippen LogP contribution in [-0.4, -0.2) is 0 Å². The Labute approximate surface area is 53.1 Å². The summed E-state index contributed by atoms with van der Waals surface area (Å²) < 4.78 is 0. The second-order valence-corrected chi connectivity index (χ2v) is 1.85. The summed E-state index contributed by atoms with van der Waals surface area (Å²) in [4.78, 5) is 0. The summed E-state index contributed by atoms with van der Waals surface area (Å²) in [5.41, 5.74) is 5.93. The van der Waals surface area contributed by atoms with Gasteiger partial charge < -0.3 is 5.73 Å². The Morgan fingerprint density at radius 1 is 1.62 bits per heavy atom. The van der Waals surface area contributed by atoms with Crippen molar-refractivity contribution in [3.63, 3.8) is 0 Å². The minimum absolute atomic E-state index is 0.578. The van der Waals surface area contributed by atoms with E-state index in [0.29, 0.717) is 10.7 Å². The van der Waals surface area contributed by atoms with Crippen LogP contribution in [0.5, 0.6) is 0 Å². The van der Waals surface area contributed by atoms with Crippen LogP contribution in [0.3, 0.4) is 0 Å². The van der Waals surface area contributed by atoms with Crippen molar-refractivity contribution in [2.75, 3.05) is 5.73 Å². The summed E-state index contributed by atoms with van der Waals surface area (Å²) in [5.74, 6) is 0. The Bertz CT molecular complexity index is 165. The number of nitrogens with two attached hydrogens (primary N) is 1. The largest absolute Gasteiger partial charge is 0.398 e. The number of hydrogen-bond acceptors (Lipinski definition) is 1. The third-order valence-corrected chi connectivity index (χ3v) is 1.18. The van der Waals surface area contributed by atoms with Crippen molar-refractivity contribution in [2.24, 2.45) is 0 Å². The quantitative estimate of drug-likeness (QED) is 0.527. The minimum atomic E-state index is 0.578. The topological polar surface area (TPSA) is 26.0 Å². The third kappa shape index (κ3) is 0.928. The van der Waals surface area contributed by atoms with E-state index in [4.69, 9.17) is 17.3 Å². The maximum absolute atomic E-state index is 5.56. The van der Waals surface area contributed by atoms with Crippen LogP contribution in [0.15, 0.2) is 18.2 Å². The van der Waals surface area contributed by atoms with Crippen LogP contribution in [0.4, 0.5) is 5.69 Å². The number of nitrogen functional groups attached to an aromatic ring is 1. The highest BCUT2D eigenvalue weighted by Gasteiger charge is 1.87. The molecule has 0 aliphatic rings. The molecule has 1 rings (SSSR count). The molecule has 41 valence electrons. The van der Waals surface area contributed by atoms with Gasteiger partial charge in [-0.2, -0.15) is 0 Å². The SMILES string of the molecule is Nc1c[c]ccc1Cl. The lowest BCUT2D eigenvalue weighted by Crippen LogP contribution is -1.82. The molecule has 0 saturated carbocycles. The van der Waals surface area contributed by atoms with Gasteiger partial charge in [0, 0.05) is 0 Å². The van der Waals surface area contributed by atoms with Gasteiger partial charge in [0.05, 0.1) is 10.7 Å². The van der Waals surface area contributed by atoms with E-state index in [1.54, 1.807) is 18.2 Å². The van der Waals surface area contributed by atoms with Gasteiger partial charge in [0.25, 0.3) is 0 Å². The highest BCUT2D eigenvalue weighted by atomic mass is 35.5. The lowest BCUT2D eigenvalue weighted by atomic mass is 10.3. The highest BCUT2D eigenvalue weighted by molar-refractivity contribution is 6.32. The summed E-state index contributed by atoms with van der Waals surface area (Å²) in [7, 11) is 0. The van der Waals surface area contributed by atoms with Crippen LogP contribution < -0.4 is 5.73 Å². The average molecular weight is 127 g/mol. The van der Waals surface area contributed by atoms with Crippen molar-refractivity contribution >= 4 is 17.3 Å². The van der Waals surface area contributed by atoms with Crippen LogP contribution in [0.25, 0.3) is 0 Å². The molecular formula is C6H5ClN. The molecule has 1 nitrogen and oxygen atoms in total. The average Bonchev–Trinajstić information content (AvgIpc) is 1.77. The molecule has 8 heavy (non-hydrogen) atoms. The van der Waals surface area contributed by atoms with Gasteiger partial charge in [0.1, 0.15) is 0 Å². The summed E-state index contributed by atoms with van der Waals surface area (Å²) in [6.45, 7) is 0. The van der Waals surface area contributed by atoms with E-state index in [9.17, 15) is 0 Å². The maximum Gasteiger partial charge on any atom is 0.0635 e. The number of benzene rings is 1. The van der Waals surface area contributed by atoms with Gasteiger partial charge in [-0.3, -0.25) is 0 Å². The fourth-order valence-corrected chi connectivity index (χ4v) is 0.542. The zero-order chi connectivity index (χ0) is 5.98. The predicted octanol–water partition coefficient (Wildman–Crippen LogP) is 1.72. The lowest BCUT2D eigenvalue weighted by Gasteiger charge is -1.90. The first-order valence-corrected chi connectivity index (χ1v) is 2.59. The summed E-state index contributed by atoms with van der Waals surface area (Å²) in [6.07, 6.45) is 0. The molecule has 0 spiro atoms. The van der Waals surface area contributed by atoms with E-state index in [2.05, 4.69) is 6.07 Å². The molecule has 2 heteroatoms. The standard InChI is InChI=1S/C6H5ClN/c7-5-3-1-2-4-6(5)8/h1,3-4H,8H2. The molecule has 0 atom stereocenters. The molecule has 2 N–H and O–H groups in total. The van der Waals surface area contributed by atoms with Gasteiger partial charge in [-0.05, 0) is 18.2 Å². The van der Waals surface area contributed by atoms with Crippen molar-refractivity contribution < 1.29 is 0 Å². The van der Waals surface area contributed by atoms with E-state index in [1.165, 1.54) is 0 Å². The number of halogens is 1. The van der Waals surface area contributed by atoms with Gasteiger partial charge in [-0.15, -0.1) is 0 Å². The van der Waals surface area contributed by atoms with Gasteiger partial charge >= 0.3 is 0 Å². The van der Waals surface area contributed by atoms with Crippen LogP contribution in [0, 0.1) is 6.07 Å². The van der Waals surface area contributed by atoms with E-state index in [1.807, 2.05) is 0 Å². The van der Waals surface area contributed by atoms with Crippen molar-refractivity contribution in [2.45, 2.75) is 0 Å². The normalized spacial score (nSPS) is 9.12. The molecule has 0 unspecified atom stereocenters. The first-order chi connectivity index (χ1) is 3.80. The fourth-order valence-electron chi connectivity index (χ4n) is 0.424. The van der Waals surface area contributed by atoms with Crippen LogP contribution in [0.2, 0.25) is 5.02 Å². The molecule has 0 heterocycles. The van der Waals surface area contributed by atoms with Crippen molar-refractivity contribution in [1.29, 1.82) is 0 Å². The monoisotopic (exact) mass is 126 g/mol. The smallest absolute Gasteiger partial charge is 0.0635 e. The molecule has 0 saturated heterocycles. The van der Waals surface area contributed by atoms with Gasteiger partial charge in [0.15, 0.2) is 0 Å². The first kappa shape index (κ1) is 5.45. The van der Waals surface area contributed by atoms with Gasteiger partial charge in [-0.1, -0.05) is 17.7 Å². The highest BCUT2D eigenvalue weighted by Crippen LogP contribution is 2.15. The lowest BCUT2D eigenvalue weighted by molar-refractivity contribution is 1.67. The molecule has 1 radical (unpaired) electrons. The van der Waals surface area contributed by atoms with Crippen LogP contribution in [0.1, 0.15) is 0 Å². The Morgan fingerprint density at radius 2 is 2.38 bits per heavy atom.